The number of amides is 2. The summed E-state index contributed by atoms with van der Waals surface area (Å²) in [6.07, 6.45) is 0.797. The standard InChI is InChI=1S/C20H19NO4/c22-18(12-16-9-10-19(23)21-20(16)24)15-7-4-8-17(11-15)25-13-14-5-2-1-3-6-14/h1-8,11,16H,9-10,12-13H2,(H,21,23,24). The molecule has 1 aliphatic rings. The Kier molecular flexibility index (Phi) is 5.23. The van der Waals surface area contributed by atoms with Crippen molar-refractivity contribution in [3.8, 4) is 5.75 Å². The smallest absolute Gasteiger partial charge is 0.230 e. The van der Waals surface area contributed by atoms with Crippen LogP contribution in [0.15, 0.2) is 54.6 Å². The van der Waals surface area contributed by atoms with Gasteiger partial charge in [0, 0.05) is 24.3 Å². The summed E-state index contributed by atoms with van der Waals surface area (Å²) in [5.74, 6) is -0.595. The van der Waals surface area contributed by atoms with E-state index in [1.54, 1.807) is 24.3 Å². The van der Waals surface area contributed by atoms with Crippen LogP contribution in [0.3, 0.4) is 0 Å². The van der Waals surface area contributed by atoms with E-state index < -0.39 is 5.92 Å². The van der Waals surface area contributed by atoms with Crippen LogP contribution in [0.2, 0.25) is 0 Å². The highest BCUT2D eigenvalue weighted by molar-refractivity contribution is 6.03. The maximum absolute atomic E-state index is 12.4. The summed E-state index contributed by atoms with van der Waals surface area (Å²) in [6.45, 7) is 0.422. The molecule has 0 saturated carbocycles. The molecule has 2 aromatic carbocycles. The molecule has 1 heterocycles. The summed E-state index contributed by atoms with van der Waals surface area (Å²) in [5, 5.41) is 2.28. The number of ketones is 1. The second-order valence-corrected chi connectivity index (χ2v) is 6.08. The van der Waals surface area contributed by atoms with Gasteiger partial charge >= 0.3 is 0 Å². The molecule has 3 rings (SSSR count). The van der Waals surface area contributed by atoms with Crippen molar-refractivity contribution in [3.63, 3.8) is 0 Å². The average Bonchev–Trinajstić information content (AvgIpc) is 2.63. The number of ether oxygens (including phenoxy) is 1. The SMILES string of the molecule is O=C1CCC(CC(=O)c2cccc(OCc3ccccc3)c2)C(=O)N1. The Labute approximate surface area is 146 Å². The fourth-order valence-electron chi connectivity index (χ4n) is 2.78. The third kappa shape index (κ3) is 4.53. The highest BCUT2D eigenvalue weighted by Gasteiger charge is 2.28. The maximum Gasteiger partial charge on any atom is 0.230 e. The van der Waals surface area contributed by atoms with Crippen LogP contribution < -0.4 is 10.1 Å². The molecule has 1 atom stereocenters. The van der Waals surface area contributed by atoms with Crippen LogP contribution in [0.25, 0.3) is 0 Å². The number of carbonyl (C=O) groups is 3. The Morgan fingerprint density at radius 1 is 1.08 bits per heavy atom. The number of rotatable bonds is 6. The lowest BCUT2D eigenvalue weighted by molar-refractivity contribution is -0.136. The molecule has 1 saturated heterocycles. The minimum atomic E-state index is -0.445. The van der Waals surface area contributed by atoms with Gasteiger partial charge in [0.2, 0.25) is 11.8 Å². The van der Waals surface area contributed by atoms with E-state index in [9.17, 15) is 14.4 Å². The van der Waals surface area contributed by atoms with Crippen LogP contribution in [0.5, 0.6) is 5.75 Å². The van der Waals surface area contributed by atoms with Crippen LogP contribution in [0.4, 0.5) is 0 Å². The van der Waals surface area contributed by atoms with Gasteiger partial charge in [0.25, 0.3) is 0 Å². The van der Waals surface area contributed by atoms with E-state index in [0.29, 0.717) is 24.3 Å². The van der Waals surface area contributed by atoms with Gasteiger partial charge in [-0.1, -0.05) is 42.5 Å². The van der Waals surface area contributed by atoms with Gasteiger partial charge in [-0.05, 0) is 24.1 Å². The zero-order chi connectivity index (χ0) is 17.6. The van der Waals surface area contributed by atoms with E-state index in [1.807, 2.05) is 30.3 Å². The van der Waals surface area contributed by atoms with E-state index in [2.05, 4.69) is 5.32 Å². The van der Waals surface area contributed by atoms with Gasteiger partial charge in [0.15, 0.2) is 5.78 Å². The highest BCUT2D eigenvalue weighted by Crippen LogP contribution is 2.21. The Morgan fingerprint density at radius 2 is 1.88 bits per heavy atom. The first-order chi connectivity index (χ1) is 12.1. The maximum atomic E-state index is 12.4. The predicted molar refractivity (Wildman–Crippen MR) is 92.0 cm³/mol. The molecular formula is C20H19NO4. The number of carbonyl (C=O) groups excluding carboxylic acids is 3. The van der Waals surface area contributed by atoms with E-state index >= 15 is 0 Å². The summed E-state index contributed by atoms with van der Waals surface area (Å²) in [6, 6.07) is 16.7. The molecule has 128 valence electrons. The van der Waals surface area contributed by atoms with Crippen molar-refractivity contribution >= 4 is 17.6 Å². The lowest BCUT2D eigenvalue weighted by Gasteiger charge is -2.20. The first kappa shape index (κ1) is 16.9. The second kappa shape index (κ2) is 7.75. The number of hydrogen-bond donors (Lipinski definition) is 1. The van der Waals surface area contributed by atoms with Crippen molar-refractivity contribution in [1.29, 1.82) is 0 Å². The molecule has 1 aliphatic heterocycles. The van der Waals surface area contributed by atoms with E-state index in [4.69, 9.17) is 4.74 Å². The van der Waals surface area contributed by atoms with Gasteiger partial charge in [0.05, 0.1) is 0 Å². The van der Waals surface area contributed by atoms with E-state index in [-0.39, 0.29) is 30.4 Å². The molecule has 5 nitrogen and oxygen atoms in total. The van der Waals surface area contributed by atoms with Crippen molar-refractivity contribution in [1.82, 2.24) is 5.32 Å². The van der Waals surface area contributed by atoms with Crippen LogP contribution in [-0.4, -0.2) is 17.6 Å². The molecule has 2 aromatic rings. The molecular weight excluding hydrogens is 318 g/mol. The zero-order valence-corrected chi connectivity index (χ0v) is 13.7. The van der Waals surface area contributed by atoms with Crippen LogP contribution >= 0.6 is 0 Å². The van der Waals surface area contributed by atoms with E-state index in [1.165, 1.54) is 0 Å². The first-order valence-corrected chi connectivity index (χ1v) is 8.25. The van der Waals surface area contributed by atoms with Gasteiger partial charge < -0.3 is 4.74 Å². The Morgan fingerprint density at radius 3 is 2.64 bits per heavy atom. The topological polar surface area (TPSA) is 72.5 Å². The molecule has 0 radical (unpaired) electrons. The van der Waals surface area contributed by atoms with Crippen molar-refractivity contribution in [2.45, 2.75) is 25.9 Å². The Bertz CT molecular complexity index is 785. The minimum Gasteiger partial charge on any atom is -0.489 e. The van der Waals surface area contributed by atoms with Gasteiger partial charge in [0.1, 0.15) is 12.4 Å². The number of nitrogens with one attached hydrogen (secondary N) is 1. The molecule has 0 bridgehead atoms. The number of hydrogen-bond acceptors (Lipinski definition) is 4. The van der Waals surface area contributed by atoms with Gasteiger partial charge in [-0.3, -0.25) is 19.7 Å². The molecule has 0 spiro atoms. The molecule has 2 amide bonds. The predicted octanol–water partition coefficient (Wildman–Crippen LogP) is 2.89. The number of Topliss-reactive ketones (excluding diaryl/α,β-unsaturated/α-hetero) is 1. The summed E-state index contributed by atoms with van der Waals surface area (Å²) in [5.41, 5.74) is 1.55. The van der Waals surface area contributed by atoms with Crippen molar-refractivity contribution in [2.24, 2.45) is 5.92 Å². The molecule has 1 N–H and O–H groups in total. The molecule has 25 heavy (non-hydrogen) atoms. The highest BCUT2D eigenvalue weighted by atomic mass is 16.5. The van der Waals surface area contributed by atoms with Gasteiger partial charge in [-0.25, -0.2) is 0 Å². The molecule has 1 unspecified atom stereocenters. The van der Waals surface area contributed by atoms with Crippen LogP contribution in [-0.2, 0) is 16.2 Å². The summed E-state index contributed by atoms with van der Waals surface area (Å²) in [7, 11) is 0. The third-order valence-electron chi connectivity index (χ3n) is 4.19. The molecule has 0 aliphatic carbocycles. The molecule has 1 fully saturated rings. The third-order valence-corrected chi connectivity index (χ3v) is 4.19. The Hall–Kier alpha value is -2.95. The van der Waals surface area contributed by atoms with Gasteiger partial charge in [-0.2, -0.15) is 0 Å². The molecule has 0 aromatic heterocycles. The second-order valence-electron chi connectivity index (χ2n) is 6.08. The monoisotopic (exact) mass is 337 g/mol. The van der Waals surface area contributed by atoms with Gasteiger partial charge in [-0.15, -0.1) is 0 Å². The summed E-state index contributed by atoms with van der Waals surface area (Å²) < 4.78 is 5.73. The van der Waals surface area contributed by atoms with E-state index in [0.717, 1.165) is 5.56 Å². The zero-order valence-electron chi connectivity index (χ0n) is 13.7. The fourth-order valence-corrected chi connectivity index (χ4v) is 2.78. The normalized spacial score (nSPS) is 17.0. The first-order valence-electron chi connectivity index (χ1n) is 8.25. The minimum absolute atomic E-state index is 0.0985. The number of imide groups is 1. The Balaban J connectivity index is 1.61. The summed E-state index contributed by atoms with van der Waals surface area (Å²) in [4.78, 5) is 35.4. The van der Waals surface area contributed by atoms with Crippen molar-refractivity contribution < 1.29 is 19.1 Å². The largest absolute Gasteiger partial charge is 0.489 e. The lowest BCUT2D eigenvalue weighted by Crippen LogP contribution is -2.41. The number of piperidine rings is 1. The van der Waals surface area contributed by atoms with Crippen molar-refractivity contribution in [3.05, 3.63) is 65.7 Å². The summed E-state index contributed by atoms with van der Waals surface area (Å²) >= 11 is 0. The fraction of sp³-hybridized carbons (Fsp3) is 0.250. The lowest BCUT2D eigenvalue weighted by atomic mass is 9.91. The van der Waals surface area contributed by atoms with Crippen molar-refractivity contribution in [2.75, 3.05) is 0 Å². The molecule has 5 heteroatoms. The van der Waals surface area contributed by atoms with Crippen LogP contribution in [0, 0.1) is 5.92 Å². The quantitative estimate of drug-likeness (QED) is 0.650. The van der Waals surface area contributed by atoms with Crippen LogP contribution in [0.1, 0.15) is 35.2 Å². The number of benzene rings is 2. The average molecular weight is 337 g/mol.